The largest absolute Gasteiger partial charge is 0.419 e. The van der Waals surface area contributed by atoms with Gasteiger partial charge in [-0.1, -0.05) is 6.07 Å². The van der Waals surface area contributed by atoms with Crippen molar-refractivity contribution >= 4 is 11.3 Å². The van der Waals surface area contributed by atoms with Gasteiger partial charge in [0, 0.05) is 11.4 Å². The molecular weight excluding hydrogens is 266 g/mol. The van der Waals surface area contributed by atoms with E-state index in [0.717, 1.165) is 17.0 Å². The van der Waals surface area contributed by atoms with Gasteiger partial charge in [-0.05, 0) is 34.7 Å². The van der Waals surface area contributed by atoms with Gasteiger partial charge in [-0.25, -0.2) is 4.39 Å². The summed E-state index contributed by atoms with van der Waals surface area (Å²) in [6.45, 7) is 0.355. The van der Waals surface area contributed by atoms with Crippen LogP contribution in [0.1, 0.15) is 10.4 Å². The van der Waals surface area contributed by atoms with Crippen molar-refractivity contribution in [2.75, 3.05) is 0 Å². The standard InChI is InChI=1S/C12H9F4NS/c13-11-4-7(1-2-10(11)12(14,15)16)8-3-9(5-17)18-6-8/h1-4,6H,5,17H2. The lowest BCUT2D eigenvalue weighted by Gasteiger charge is -2.08. The summed E-state index contributed by atoms with van der Waals surface area (Å²) in [6.07, 6.45) is -4.67. The van der Waals surface area contributed by atoms with Gasteiger partial charge in [-0.3, -0.25) is 0 Å². The predicted octanol–water partition coefficient (Wildman–Crippen LogP) is 4.03. The molecule has 1 heterocycles. The molecule has 18 heavy (non-hydrogen) atoms. The van der Waals surface area contributed by atoms with E-state index in [9.17, 15) is 17.6 Å². The average Bonchev–Trinajstić information content (AvgIpc) is 2.75. The number of halogens is 4. The van der Waals surface area contributed by atoms with Gasteiger partial charge in [-0.2, -0.15) is 13.2 Å². The second-order valence-electron chi connectivity index (χ2n) is 3.70. The number of rotatable bonds is 2. The molecule has 0 amide bonds. The maximum absolute atomic E-state index is 13.4. The van der Waals surface area contributed by atoms with Crippen LogP contribution in [0.5, 0.6) is 0 Å². The molecule has 0 aliphatic rings. The summed E-state index contributed by atoms with van der Waals surface area (Å²) in [7, 11) is 0. The van der Waals surface area contributed by atoms with E-state index in [1.165, 1.54) is 17.4 Å². The Morgan fingerprint density at radius 3 is 2.33 bits per heavy atom. The molecule has 0 atom stereocenters. The third kappa shape index (κ3) is 2.54. The van der Waals surface area contributed by atoms with Crippen LogP contribution in [0.15, 0.2) is 29.6 Å². The van der Waals surface area contributed by atoms with Crippen molar-refractivity contribution < 1.29 is 17.6 Å². The molecule has 2 N–H and O–H groups in total. The van der Waals surface area contributed by atoms with Crippen molar-refractivity contribution in [2.24, 2.45) is 5.73 Å². The average molecular weight is 275 g/mol. The maximum Gasteiger partial charge on any atom is 0.419 e. The van der Waals surface area contributed by atoms with Gasteiger partial charge in [0.15, 0.2) is 0 Å². The topological polar surface area (TPSA) is 26.0 Å². The summed E-state index contributed by atoms with van der Waals surface area (Å²) in [4.78, 5) is 0.894. The SMILES string of the molecule is NCc1cc(-c2ccc(C(F)(F)F)c(F)c2)cs1. The lowest BCUT2D eigenvalue weighted by Crippen LogP contribution is -2.07. The number of benzene rings is 1. The van der Waals surface area contributed by atoms with E-state index in [-0.39, 0.29) is 0 Å². The van der Waals surface area contributed by atoms with Crippen LogP contribution < -0.4 is 5.73 Å². The van der Waals surface area contributed by atoms with E-state index in [1.807, 2.05) is 0 Å². The Labute approximate surface area is 105 Å². The van der Waals surface area contributed by atoms with Crippen molar-refractivity contribution in [3.63, 3.8) is 0 Å². The number of alkyl halides is 3. The Morgan fingerprint density at radius 2 is 1.83 bits per heavy atom. The zero-order valence-corrected chi connectivity index (χ0v) is 9.91. The highest BCUT2D eigenvalue weighted by Crippen LogP contribution is 2.34. The number of thiophene rings is 1. The fraction of sp³-hybridized carbons (Fsp3) is 0.167. The predicted molar refractivity (Wildman–Crippen MR) is 62.6 cm³/mol. The minimum atomic E-state index is -4.67. The molecule has 1 aromatic carbocycles. The minimum absolute atomic E-state index is 0.355. The van der Waals surface area contributed by atoms with Crippen LogP contribution in [0, 0.1) is 5.82 Å². The third-order valence-corrected chi connectivity index (χ3v) is 3.42. The molecule has 0 unspecified atom stereocenters. The van der Waals surface area contributed by atoms with E-state index >= 15 is 0 Å². The van der Waals surface area contributed by atoms with Gasteiger partial charge < -0.3 is 5.73 Å². The van der Waals surface area contributed by atoms with Crippen molar-refractivity contribution in [3.8, 4) is 11.1 Å². The highest BCUT2D eigenvalue weighted by molar-refractivity contribution is 7.10. The van der Waals surface area contributed by atoms with Gasteiger partial charge in [0.1, 0.15) is 5.82 Å². The monoisotopic (exact) mass is 275 g/mol. The van der Waals surface area contributed by atoms with Crippen molar-refractivity contribution in [1.29, 1.82) is 0 Å². The first kappa shape index (κ1) is 13.0. The summed E-state index contributed by atoms with van der Waals surface area (Å²) in [5, 5.41) is 1.74. The molecule has 0 spiro atoms. The molecule has 0 fully saturated rings. The van der Waals surface area contributed by atoms with Crippen molar-refractivity contribution in [1.82, 2.24) is 0 Å². The fourth-order valence-electron chi connectivity index (χ4n) is 1.56. The molecule has 0 saturated carbocycles. The fourth-order valence-corrected chi connectivity index (χ4v) is 2.34. The Hall–Kier alpha value is -1.40. The van der Waals surface area contributed by atoms with Crippen LogP contribution in [-0.4, -0.2) is 0 Å². The molecule has 6 heteroatoms. The summed E-state index contributed by atoms with van der Waals surface area (Å²) in [5.74, 6) is -1.26. The van der Waals surface area contributed by atoms with Gasteiger partial charge in [0.05, 0.1) is 5.56 Å². The first-order valence-corrected chi connectivity index (χ1v) is 5.94. The summed E-state index contributed by atoms with van der Waals surface area (Å²) < 4.78 is 50.5. The lowest BCUT2D eigenvalue weighted by molar-refractivity contribution is -0.139. The molecule has 1 nitrogen and oxygen atoms in total. The first-order chi connectivity index (χ1) is 8.41. The van der Waals surface area contributed by atoms with Crippen molar-refractivity contribution in [3.05, 3.63) is 45.9 Å². The van der Waals surface area contributed by atoms with Crippen LogP contribution in [0.3, 0.4) is 0 Å². The van der Waals surface area contributed by atoms with E-state index in [4.69, 9.17) is 5.73 Å². The zero-order chi connectivity index (χ0) is 13.3. The Morgan fingerprint density at radius 1 is 1.11 bits per heavy atom. The van der Waals surface area contributed by atoms with E-state index < -0.39 is 17.6 Å². The maximum atomic E-state index is 13.4. The van der Waals surface area contributed by atoms with Crippen LogP contribution in [0.4, 0.5) is 17.6 Å². The van der Waals surface area contributed by atoms with Crippen LogP contribution >= 0.6 is 11.3 Å². The number of hydrogen-bond donors (Lipinski definition) is 1. The van der Waals surface area contributed by atoms with Crippen LogP contribution in [-0.2, 0) is 12.7 Å². The molecule has 96 valence electrons. The first-order valence-electron chi connectivity index (χ1n) is 5.06. The third-order valence-electron chi connectivity index (χ3n) is 2.46. The lowest BCUT2D eigenvalue weighted by atomic mass is 10.1. The van der Waals surface area contributed by atoms with Gasteiger partial charge >= 0.3 is 6.18 Å². The molecule has 0 aliphatic heterocycles. The Balaban J connectivity index is 2.40. The van der Waals surface area contributed by atoms with Crippen LogP contribution in [0.25, 0.3) is 11.1 Å². The highest BCUT2D eigenvalue weighted by Gasteiger charge is 2.33. The summed E-state index contributed by atoms with van der Waals surface area (Å²) >= 11 is 1.39. The quantitative estimate of drug-likeness (QED) is 0.823. The molecule has 2 rings (SSSR count). The highest BCUT2D eigenvalue weighted by atomic mass is 32.1. The number of hydrogen-bond acceptors (Lipinski definition) is 2. The van der Waals surface area contributed by atoms with E-state index in [1.54, 1.807) is 11.4 Å². The van der Waals surface area contributed by atoms with E-state index in [0.29, 0.717) is 17.7 Å². The van der Waals surface area contributed by atoms with E-state index in [2.05, 4.69) is 0 Å². The molecule has 0 bridgehead atoms. The van der Waals surface area contributed by atoms with Gasteiger partial charge in [0.2, 0.25) is 0 Å². The van der Waals surface area contributed by atoms with Gasteiger partial charge in [-0.15, -0.1) is 11.3 Å². The van der Waals surface area contributed by atoms with Crippen LogP contribution in [0.2, 0.25) is 0 Å². The van der Waals surface area contributed by atoms with Crippen molar-refractivity contribution in [2.45, 2.75) is 12.7 Å². The zero-order valence-electron chi connectivity index (χ0n) is 9.09. The Bertz CT molecular complexity index is 559. The molecule has 1 aromatic heterocycles. The summed E-state index contributed by atoms with van der Waals surface area (Å²) in [5.41, 5.74) is 5.28. The molecule has 2 aromatic rings. The molecular formula is C12H9F4NS. The minimum Gasteiger partial charge on any atom is -0.326 e. The summed E-state index contributed by atoms with van der Waals surface area (Å²) in [6, 6.07) is 4.65. The molecule has 0 saturated heterocycles. The second-order valence-corrected chi connectivity index (χ2v) is 4.69. The Kier molecular flexibility index (Phi) is 3.41. The molecule has 0 aliphatic carbocycles. The van der Waals surface area contributed by atoms with Gasteiger partial charge in [0.25, 0.3) is 0 Å². The normalized spacial score (nSPS) is 11.8. The number of nitrogens with two attached hydrogens (primary N) is 1. The smallest absolute Gasteiger partial charge is 0.326 e. The second kappa shape index (κ2) is 4.70. The molecule has 0 radical (unpaired) electrons.